The van der Waals surface area contributed by atoms with Gasteiger partial charge in [0.25, 0.3) is 11.8 Å². The average Bonchev–Trinajstić information content (AvgIpc) is 3.21. The number of aldehydes is 3. The molecule has 0 radical (unpaired) electrons. The Morgan fingerprint density at radius 3 is 1.67 bits per heavy atom. The van der Waals surface area contributed by atoms with Crippen LogP contribution in [0.2, 0.25) is 0 Å². The van der Waals surface area contributed by atoms with Crippen LogP contribution in [-0.2, 0) is 38.1 Å². The zero-order valence-electron chi connectivity index (χ0n) is 33.4. The number of carbonyl (C=O) groups is 6. The Balaban J connectivity index is -0.0000112. The Labute approximate surface area is 362 Å². The minimum Gasteiger partial charge on any atom is -0.513 e. The Morgan fingerprint density at radius 2 is 1.15 bits per heavy atom. The zero-order valence-corrected chi connectivity index (χ0v) is 33.4. The van der Waals surface area contributed by atoms with Crippen LogP contribution in [0.1, 0.15) is 87.9 Å². The van der Waals surface area contributed by atoms with Crippen LogP contribution < -0.4 is 37.1 Å². The summed E-state index contributed by atoms with van der Waals surface area (Å²) >= 11 is 0. The third kappa shape index (κ3) is 31.4. The smallest absolute Gasteiger partial charge is 0.251 e. The number of rotatable bonds is 38. The van der Waals surface area contributed by atoms with Crippen LogP contribution in [-0.4, -0.2) is 139 Å². The predicted octanol–water partition coefficient (Wildman–Crippen LogP) is 2.92. The zero-order chi connectivity index (χ0) is 42.8. The van der Waals surface area contributed by atoms with E-state index in [2.05, 4.69) is 46.3 Å². The van der Waals surface area contributed by atoms with Gasteiger partial charge in [-0.05, 0) is 31.0 Å². The van der Waals surface area contributed by atoms with Gasteiger partial charge in [0.1, 0.15) is 31.2 Å². The summed E-state index contributed by atoms with van der Waals surface area (Å²) in [7, 11) is 0. The lowest BCUT2D eigenvalue weighted by Crippen LogP contribution is -2.38. The molecule has 0 heterocycles. The summed E-state index contributed by atoms with van der Waals surface area (Å²) in [4.78, 5) is 71.8. The molecule has 2 atom stereocenters. The number of carbonyl (C=O) groups excluding carboxylic acids is 6. The molecule has 1 rings (SSSR count). The fraction of sp³-hybridized carbons (Fsp3) is 0.581. The second kappa shape index (κ2) is 39.0. The van der Waals surface area contributed by atoms with E-state index in [0.29, 0.717) is 110 Å². The standard InChI is InChI=1S/C40H62N6O12.3CH4/c1-30(10-16-54-19-21-56-23-24-57-22-20-55-17-11-41)42-14-18-58-37-26-33(39(52)43-12-8-31(2)45-36(29-49)7-6-32(3)50)25-34(27-37)40(53)44-13-9-38(51)46-35(28-48)5-4-15-47;;;/h15,25-29,35-36,42,45,50H,1-14,16-24,41H2,(H,43,52)(H,44,53)(H,46,51);3*1H4. The number of allylic oxidation sites excluding steroid dienone is 1. The highest BCUT2D eigenvalue weighted by Gasteiger charge is 2.16. The summed E-state index contributed by atoms with van der Waals surface area (Å²) in [5.41, 5.74) is 6.81. The highest BCUT2D eigenvalue weighted by molar-refractivity contribution is 6.00. The molecule has 0 saturated heterocycles. The lowest BCUT2D eigenvalue weighted by molar-refractivity contribution is -0.124. The predicted molar refractivity (Wildman–Crippen MR) is 237 cm³/mol. The lowest BCUT2D eigenvalue weighted by Gasteiger charge is -2.16. The molecule has 1 aromatic rings. The Kier molecular flexibility index (Phi) is 38.5. The number of nitrogens with one attached hydrogen (secondary N) is 5. The van der Waals surface area contributed by atoms with Gasteiger partial charge >= 0.3 is 0 Å². The van der Waals surface area contributed by atoms with E-state index >= 15 is 0 Å². The van der Waals surface area contributed by atoms with Crippen molar-refractivity contribution in [3.8, 4) is 5.75 Å². The van der Waals surface area contributed by atoms with Crippen LogP contribution in [0.4, 0.5) is 0 Å². The van der Waals surface area contributed by atoms with E-state index in [9.17, 15) is 33.9 Å². The summed E-state index contributed by atoms with van der Waals surface area (Å²) < 4.78 is 27.6. The summed E-state index contributed by atoms with van der Waals surface area (Å²) in [6, 6.07) is 2.95. The van der Waals surface area contributed by atoms with Crippen molar-refractivity contribution in [3.63, 3.8) is 0 Å². The highest BCUT2D eigenvalue weighted by Crippen LogP contribution is 2.18. The molecule has 2 unspecified atom stereocenters. The summed E-state index contributed by atoms with van der Waals surface area (Å²) in [5.74, 6) is -1.35. The minimum absolute atomic E-state index is 0. The van der Waals surface area contributed by atoms with Gasteiger partial charge in [-0.25, -0.2) is 0 Å². The van der Waals surface area contributed by atoms with Crippen LogP contribution in [0.15, 0.2) is 55.1 Å². The highest BCUT2D eigenvalue weighted by atomic mass is 16.6. The molecular formula is C43H74N6O12. The van der Waals surface area contributed by atoms with Gasteiger partial charge in [-0.1, -0.05) is 42.0 Å². The van der Waals surface area contributed by atoms with Crippen molar-refractivity contribution < 1.29 is 57.6 Å². The van der Waals surface area contributed by atoms with Crippen LogP contribution >= 0.6 is 0 Å². The summed E-state index contributed by atoms with van der Waals surface area (Å²) in [5, 5.41) is 23.3. The van der Waals surface area contributed by atoms with Crippen molar-refractivity contribution in [2.45, 2.75) is 79.3 Å². The molecule has 0 saturated carbocycles. The number of ether oxygens (including phenoxy) is 5. The molecule has 0 spiro atoms. The second-order valence-electron chi connectivity index (χ2n) is 12.8. The number of benzene rings is 1. The first-order chi connectivity index (χ1) is 28.0. The van der Waals surface area contributed by atoms with E-state index in [-0.39, 0.29) is 90.3 Å². The maximum Gasteiger partial charge on any atom is 0.251 e. The number of hydrogen-bond donors (Lipinski definition) is 7. The van der Waals surface area contributed by atoms with Gasteiger partial charge in [-0.3, -0.25) is 14.4 Å². The van der Waals surface area contributed by atoms with Crippen molar-refractivity contribution >= 4 is 36.6 Å². The molecule has 18 heteroatoms. The maximum atomic E-state index is 13.2. The van der Waals surface area contributed by atoms with Gasteiger partial charge in [-0.2, -0.15) is 0 Å². The molecule has 3 amide bonds. The Bertz CT molecular complexity index is 1440. The third-order valence-electron chi connectivity index (χ3n) is 7.86. The molecule has 18 nitrogen and oxygen atoms in total. The normalized spacial score (nSPS) is 11.1. The van der Waals surface area contributed by atoms with E-state index < -0.39 is 29.8 Å². The van der Waals surface area contributed by atoms with Gasteiger partial charge < -0.3 is 75.5 Å². The number of aliphatic hydroxyl groups is 1. The van der Waals surface area contributed by atoms with E-state index in [4.69, 9.17) is 29.4 Å². The van der Waals surface area contributed by atoms with Gasteiger partial charge in [0.15, 0.2) is 0 Å². The molecule has 61 heavy (non-hydrogen) atoms. The van der Waals surface area contributed by atoms with Crippen molar-refractivity contribution in [1.82, 2.24) is 26.6 Å². The molecule has 8 N–H and O–H groups in total. The lowest BCUT2D eigenvalue weighted by atomic mass is 10.1. The largest absolute Gasteiger partial charge is 0.513 e. The third-order valence-corrected chi connectivity index (χ3v) is 7.86. The quantitative estimate of drug-likeness (QED) is 0.0287. The fourth-order valence-corrected chi connectivity index (χ4v) is 4.82. The minimum atomic E-state index is -0.811. The van der Waals surface area contributed by atoms with E-state index in [0.717, 1.165) is 5.70 Å². The number of nitrogens with two attached hydrogens (primary N) is 1. The Morgan fingerprint density at radius 1 is 0.623 bits per heavy atom. The molecule has 1 aromatic carbocycles. The first-order valence-electron chi connectivity index (χ1n) is 19.2. The van der Waals surface area contributed by atoms with Gasteiger partial charge in [0.2, 0.25) is 5.91 Å². The van der Waals surface area contributed by atoms with Crippen LogP contribution in [0.5, 0.6) is 5.75 Å². The monoisotopic (exact) mass is 867 g/mol. The summed E-state index contributed by atoms with van der Waals surface area (Å²) in [6.45, 7) is 16.1. The second-order valence-corrected chi connectivity index (χ2v) is 12.8. The average molecular weight is 867 g/mol. The molecule has 0 fully saturated rings. The SMILES string of the molecule is C.C.C.C=C(O)CCC(C=O)NC(=C)CCNC(=O)c1cc(OCCNC(=C)CCOCCOCCOCCOCCN)cc(C(=O)NCCC(=O)NC(C=O)CCC=O)c1. The van der Waals surface area contributed by atoms with E-state index in [1.807, 2.05) is 0 Å². The van der Waals surface area contributed by atoms with E-state index in [1.165, 1.54) is 18.2 Å². The Hall–Kier alpha value is -5.14. The first-order valence-corrected chi connectivity index (χ1v) is 19.2. The number of hydrogen-bond acceptors (Lipinski definition) is 15. The molecule has 0 aliphatic heterocycles. The molecule has 348 valence electrons. The molecule has 0 aromatic heterocycles. The van der Waals surface area contributed by atoms with Crippen molar-refractivity contribution in [1.29, 1.82) is 0 Å². The first kappa shape index (κ1) is 60.2. The van der Waals surface area contributed by atoms with Crippen molar-refractivity contribution in [2.75, 3.05) is 85.6 Å². The number of amides is 3. The van der Waals surface area contributed by atoms with Gasteiger partial charge in [0.05, 0.1) is 70.7 Å². The van der Waals surface area contributed by atoms with Crippen LogP contribution in [0, 0.1) is 0 Å². The summed E-state index contributed by atoms with van der Waals surface area (Å²) in [6.07, 6.45) is 3.48. The molecule has 0 aliphatic rings. The van der Waals surface area contributed by atoms with Gasteiger partial charge in [0, 0.05) is 80.8 Å². The van der Waals surface area contributed by atoms with E-state index in [1.54, 1.807) is 0 Å². The van der Waals surface area contributed by atoms with Crippen LogP contribution in [0.25, 0.3) is 0 Å². The van der Waals surface area contributed by atoms with Gasteiger partial charge in [-0.15, -0.1) is 0 Å². The van der Waals surface area contributed by atoms with Crippen molar-refractivity contribution in [3.05, 3.63) is 66.2 Å². The number of aliphatic hydroxyl groups excluding tert-OH is 1. The maximum absolute atomic E-state index is 13.2. The fourth-order valence-electron chi connectivity index (χ4n) is 4.82. The van der Waals surface area contributed by atoms with Crippen LogP contribution in [0.3, 0.4) is 0 Å². The topological polar surface area (TPSA) is 255 Å². The molecule has 0 aliphatic carbocycles. The van der Waals surface area contributed by atoms with Crippen molar-refractivity contribution in [2.24, 2.45) is 5.73 Å². The molecule has 0 bridgehead atoms. The molecular weight excluding hydrogens is 793 g/mol.